The van der Waals surface area contributed by atoms with Crippen LogP contribution in [0.2, 0.25) is 0 Å². The molecule has 1 saturated heterocycles. The molecule has 5 rings (SSSR count). The van der Waals surface area contributed by atoms with Crippen LogP contribution in [-0.2, 0) is 10.0 Å². The zero-order valence-electron chi connectivity index (χ0n) is 18.0. The second-order valence-corrected chi connectivity index (χ2v) is 9.73. The number of aromatic nitrogens is 2. The molecule has 34 heavy (non-hydrogen) atoms. The van der Waals surface area contributed by atoms with Crippen LogP contribution < -0.4 is 0 Å². The first-order valence-corrected chi connectivity index (χ1v) is 12.1. The first-order valence-electron chi connectivity index (χ1n) is 10.7. The van der Waals surface area contributed by atoms with Crippen molar-refractivity contribution >= 4 is 15.9 Å². The van der Waals surface area contributed by atoms with Crippen molar-refractivity contribution < 1.29 is 22.0 Å². The van der Waals surface area contributed by atoms with Crippen molar-refractivity contribution in [1.29, 1.82) is 0 Å². The van der Waals surface area contributed by atoms with E-state index in [1.807, 2.05) is 30.3 Å². The number of sulfonamides is 1. The third kappa shape index (κ3) is 4.13. The maximum absolute atomic E-state index is 13.5. The summed E-state index contributed by atoms with van der Waals surface area (Å²) in [5.41, 5.74) is 1.60. The molecule has 4 aromatic rings. The summed E-state index contributed by atoms with van der Waals surface area (Å²) in [6.07, 6.45) is 1.54. The predicted molar refractivity (Wildman–Crippen MR) is 122 cm³/mol. The number of hydrogen-bond acceptors (Lipinski definition) is 5. The lowest BCUT2D eigenvalue weighted by molar-refractivity contribution is 0.0688. The molecule has 2 aromatic carbocycles. The lowest BCUT2D eigenvalue weighted by atomic mass is 10.2. The maximum atomic E-state index is 13.5. The van der Waals surface area contributed by atoms with Crippen LogP contribution in [0.5, 0.6) is 0 Å². The Bertz CT molecular complexity index is 1390. The van der Waals surface area contributed by atoms with Gasteiger partial charge in [0.25, 0.3) is 5.91 Å². The third-order valence-corrected chi connectivity index (χ3v) is 7.59. The summed E-state index contributed by atoms with van der Waals surface area (Å²) in [5.74, 6) is -0.217. The Balaban J connectivity index is 1.38. The predicted octanol–water partition coefficient (Wildman–Crippen LogP) is 3.42. The topological polar surface area (TPSA) is 88.7 Å². The Labute approximate surface area is 195 Å². The Morgan fingerprint density at radius 3 is 2.26 bits per heavy atom. The number of carbonyl (C=O) groups excluding carboxylic acids is 1. The highest BCUT2D eigenvalue weighted by Crippen LogP contribution is 2.24. The van der Waals surface area contributed by atoms with Crippen molar-refractivity contribution in [3.63, 3.8) is 0 Å². The number of nitrogens with zero attached hydrogens (tertiary/aromatic N) is 4. The second-order valence-electron chi connectivity index (χ2n) is 7.79. The summed E-state index contributed by atoms with van der Waals surface area (Å²) in [6, 6.07) is 19.2. The van der Waals surface area contributed by atoms with E-state index in [0.29, 0.717) is 17.1 Å². The van der Waals surface area contributed by atoms with Crippen LogP contribution in [0, 0.1) is 5.82 Å². The average molecular weight is 481 g/mol. The van der Waals surface area contributed by atoms with Crippen LogP contribution in [0.15, 0.2) is 88.4 Å². The van der Waals surface area contributed by atoms with E-state index in [1.165, 1.54) is 16.4 Å². The smallest absolute Gasteiger partial charge is 0.272 e. The molecule has 1 fully saturated rings. The fourth-order valence-corrected chi connectivity index (χ4v) is 5.32. The van der Waals surface area contributed by atoms with Gasteiger partial charge in [-0.1, -0.05) is 18.2 Å². The van der Waals surface area contributed by atoms with E-state index in [-0.39, 0.29) is 37.0 Å². The molecular weight excluding hydrogens is 459 g/mol. The van der Waals surface area contributed by atoms with Crippen LogP contribution in [0.3, 0.4) is 0 Å². The number of amides is 1. The first-order chi connectivity index (χ1) is 16.4. The molecule has 0 radical (unpaired) electrons. The van der Waals surface area contributed by atoms with Gasteiger partial charge in [-0.15, -0.1) is 0 Å². The summed E-state index contributed by atoms with van der Waals surface area (Å²) in [5, 5.41) is 4.58. The molecule has 174 valence electrons. The van der Waals surface area contributed by atoms with Crippen LogP contribution >= 0.6 is 0 Å². The van der Waals surface area contributed by atoms with E-state index in [9.17, 15) is 17.6 Å². The van der Waals surface area contributed by atoms with Gasteiger partial charge in [-0.3, -0.25) is 4.79 Å². The molecule has 0 aliphatic carbocycles. The van der Waals surface area contributed by atoms with E-state index >= 15 is 0 Å². The number of para-hydroxylation sites is 1. The minimum atomic E-state index is -3.77. The maximum Gasteiger partial charge on any atom is 0.272 e. The van der Waals surface area contributed by atoms with E-state index in [2.05, 4.69) is 5.10 Å². The van der Waals surface area contributed by atoms with E-state index in [4.69, 9.17) is 4.42 Å². The van der Waals surface area contributed by atoms with Crippen molar-refractivity contribution in [2.75, 3.05) is 26.2 Å². The summed E-state index contributed by atoms with van der Waals surface area (Å²) >= 11 is 0. The number of piperazine rings is 1. The molecule has 8 nitrogen and oxygen atoms in total. The van der Waals surface area contributed by atoms with Gasteiger partial charge in [0.15, 0.2) is 5.76 Å². The molecule has 1 aliphatic heterocycles. The third-order valence-electron chi connectivity index (χ3n) is 5.68. The van der Waals surface area contributed by atoms with Gasteiger partial charge in [-0.2, -0.15) is 9.40 Å². The minimum Gasteiger partial charge on any atom is -0.463 e. The van der Waals surface area contributed by atoms with Gasteiger partial charge in [0.05, 0.1) is 16.8 Å². The normalized spacial score (nSPS) is 14.9. The number of hydrogen-bond donors (Lipinski definition) is 0. The van der Waals surface area contributed by atoms with Crippen molar-refractivity contribution in [3.8, 4) is 17.1 Å². The summed E-state index contributed by atoms with van der Waals surface area (Å²) < 4.78 is 47.3. The van der Waals surface area contributed by atoms with Crippen molar-refractivity contribution in [3.05, 3.63) is 90.6 Å². The van der Waals surface area contributed by atoms with Gasteiger partial charge in [-0.05, 0) is 48.5 Å². The highest BCUT2D eigenvalue weighted by Gasteiger charge is 2.32. The van der Waals surface area contributed by atoms with Crippen LogP contribution in [0.1, 0.15) is 10.5 Å². The first kappa shape index (κ1) is 22.1. The number of benzene rings is 2. The lowest BCUT2D eigenvalue weighted by Gasteiger charge is -2.34. The Morgan fingerprint density at radius 1 is 0.912 bits per heavy atom. The lowest BCUT2D eigenvalue weighted by Crippen LogP contribution is -2.50. The highest BCUT2D eigenvalue weighted by atomic mass is 32.2. The number of rotatable bonds is 5. The van der Waals surface area contributed by atoms with E-state index < -0.39 is 15.8 Å². The fraction of sp³-hybridized carbons (Fsp3) is 0.167. The van der Waals surface area contributed by atoms with Crippen molar-refractivity contribution in [1.82, 2.24) is 19.0 Å². The zero-order chi connectivity index (χ0) is 23.7. The molecule has 2 aromatic heterocycles. The Morgan fingerprint density at radius 2 is 1.62 bits per heavy atom. The molecule has 10 heteroatoms. The fourth-order valence-electron chi connectivity index (χ4n) is 3.89. The van der Waals surface area contributed by atoms with Crippen LogP contribution in [-0.4, -0.2) is 59.5 Å². The highest BCUT2D eigenvalue weighted by molar-refractivity contribution is 7.89. The SMILES string of the molecule is O=C(c1cc(-c2ccco2)nn1-c1ccccc1)N1CCN(S(=O)(=O)c2ccc(F)cc2)CC1. The second kappa shape index (κ2) is 8.88. The van der Waals surface area contributed by atoms with Crippen molar-refractivity contribution in [2.24, 2.45) is 0 Å². The molecule has 1 amide bonds. The quantitative estimate of drug-likeness (QED) is 0.437. The molecule has 3 heterocycles. The van der Waals surface area contributed by atoms with Gasteiger partial charge in [0, 0.05) is 32.2 Å². The van der Waals surface area contributed by atoms with Gasteiger partial charge in [0.2, 0.25) is 10.0 Å². The number of carbonyl (C=O) groups is 1. The summed E-state index contributed by atoms with van der Waals surface area (Å²) in [7, 11) is -3.77. The van der Waals surface area contributed by atoms with Gasteiger partial charge in [-0.25, -0.2) is 17.5 Å². The molecule has 0 unspecified atom stereocenters. The van der Waals surface area contributed by atoms with Crippen LogP contribution in [0.4, 0.5) is 4.39 Å². The minimum absolute atomic E-state index is 0.0268. The number of halogens is 1. The molecule has 0 saturated carbocycles. The molecule has 0 bridgehead atoms. The molecule has 0 atom stereocenters. The average Bonchev–Trinajstić information content (AvgIpc) is 3.55. The van der Waals surface area contributed by atoms with E-state index in [0.717, 1.165) is 17.8 Å². The van der Waals surface area contributed by atoms with Gasteiger partial charge >= 0.3 is 0 Å². The monoisotopic (exact) mass is 480 g/mol. The van der Waals surface area contributed by atoms with Crippen molar-refractivity contribution in [2.45, 2.75) is 4.90 Å². The summed E-state index contributed by atoms with van der Waals surface area (Å²) in [6.45, 7) is 0.705. The summed E-state index contributed by atoms with van der Waals surface area (Å²) in [4.78, 5) is 15.1. The molecule has 0 N–H and O–H groups in total. The Hall–Kier alpha value is -3.76. The van der Waals surface area contributed by atoms with E-state index in [1.54, 1.807) is 34.0 Å². The Kier molecular flexibility index (Phi) is 5.76. The largest absolute Gasteiger partial charge is 0.463 e. The molecule has 1 aliphatic rings. The molecule has 0 spiro atoms. The van der Waals surface area contributed by atoms with Crippen LogP contribution in [0.25, 0.3) is 17.1 Å². The van der Waals surface area contributed by atoms with Gasteiger partial charge < -0.3 is 9.32 Å². The van der Waals surface area contributed by atoms with Gasteiger partial charge in [0.1, 0.15) is 17.2 Å². The molecular formula is C24H21FN4O4S. The standard InChI is InChI=1S/C24H21FN4O4S/c25-18-8-10-20(11-9-18)34(31,32)28-14-12-27(13-15-28)24(30)22-17-21(23-7-4-16-33-23)26-29(22)19-5-2-1-3-6-19/h1-11,16-17H,12-15H2. The number of furan rings is 1. The zero-order valence-corrected chi connectivity index (χ0v) is 18.9.